The molecule has 1 unspecified atom stereocenters. The van der Waals surface area contributed by atoms with Crippen molar-refractivity contribution in [3.63, 3.8) is 0 Å². The minimum atomic E-state index is -0.655. The van der Waals surface area contributed by atoms with Crippen LogP contribution in [0.4, 0.5) is 5.95 Å². The molecule has 0 aliphatic carbocycles. The Kier molecular flexibility index (Phi) is 4.54. The van der Waals surface area contributed by atoms with E-state index in [9.17, 15) is 4.79 Å². The summed E-state index contributed by atoms with van der Waals surface area (Å²) in [5.74, 6) is 0.526. The summed E-state index contributed by atoms with van der Waals surface area (Å²) in [6.45, 7) is 3.94. The van der Waals surface area contributed by atoms with Crippen LogP contribution in [0.3, 0.4) is 0 Å². The number of carbonyl (C=O) groups excluding carboxylic acids is 1. The summed E-state index contributed by atoms with van der Waals surface area (Å²) in [4.78, 5) is 15.9. The number of para-hydroxylation sites is 1. The molecule has 2 rings (SSSR count). The third-order valence-electron chi connectivity index (χ3n) is 2.41. The van der Waals surface area contributed by atoms with E-state index in [4.69, 9.17) is 9.47 Å². The van der Waals surface area contributed by atoms with Crippen molar-refractivity contribution in [2.45, 2.75) is 20.0 Å². The number of hydrogen-bond acceptors (Lipinski definition) is 5. The van der Waals surface area contributed by atoms with Gasteiger partial charge in [0.2, 0.25) is 5.95 Å². The molecule has 0 fully saturated rings. The Morgan fingerprint density at radius 3 is 2.85 bits per heavy atom. The lowest BCUT2D eigenvalue weighted by Crippen LogP contribution is -2.30. The number of anilines is 1. The number of nitrogens with one attached hydrogen (secondary N) is 2. The van der Waals surface area contributed by atoms with Gasteiger partial charge in [-0.05, 0) is 26.0 Å². The lowest BCUT2D eigenvalue weighted by molar-refractivity contribution is -0.122. The Balaban J connectivity index is 1.90. The third kappa shape index (κ3) is 3.71. The zero-order valence-corrected chi connectivity index (χ0v) is 11.3. The van der Waals surface area contributed by atoms with Crippen molar-refractivity contribution in [1.82, 2.24) is 15.2 Å². The lowest BCUT2D eigenvalue weighted by atomic mass is 10.3. The molecule has 106 valence electrons. The van der Waals surface area contributed by atoms with Gasteiger partial charge in [-0.3, -0.25) is 10.1 Å². The highest BCUT2D eigenvalue weighted by molar-refractivity contribution is 5.92. The number of H-pyrrole nitrogens is 1. The largest absolute Gasteiger partial charge is 0.481 e. The van der Waals surface area contributed by atoms with E-state index in [1.165, 1.54) is 0 Å². The molecule has 1 amide bonds. The summed E-state index contributed by atoms with van der Waals surface area (Å²) < 4.78 is 10.6. The summed E-state index contributed by atoms with van der Waals surface area (Å²) in [6.07, 6.45) is -0.655. The molecular formula is C13H16N4O3. The smallest absolute Gasteiger partial charge is 0.337 e. The molecule has 0 bridgehead atoms. The highest BCUT2D eigenvalue weighted by atomic mass is 16.5. The van der Waals surface area contributed by atoms with E-state index in [1.54, 1.807) is 19.1 Å². The first kappa shape index (κ1) is 13.9. The zero-order chi connectivity index (χ0) is 14.4. The SMILES string of the molecule is CCOc1n[nH]c(NC(=O)C(C)Oc2ccccc2)n1. The van der Waals surface area contributed by atoms with Crippen molar-refractivity contribution < 1.29 is 14.3 Å². The Labute approximate surface area is 116 Å². The second-order valence-corrected chi connectivity index (χ2v) is 3.96. The maximum atomic E-state index is 11.9. The molecule has 20 heavy (non-hydrogen) atoms. The predicted molar refractivity (Wildman–Crippen MR) is 72.7 cm³/mol. The van der Waals surface area contributed by atoms with Crippen molar-refractivity contribution >= 4 is 11.9 Å². The van der Waals surface area contributed by atoms with Gasteiger partial charge in [-0.2, -0.15) is 4.98 Å². The first-order valence-corrected chi connectivity index (χ1v) is 6.26. The van der Waals surface area contributed by atoms with E-state index in [0.717, 1.165) is 0 Å². The van der Waals surface area contributed by atoms with Crippen LogP contribution in [0, 0.1) is 0 Å². The number of aromatic amines is 1. The van der Waals surface area contributed by atoms with Gasteiger partial charge in [-0.1, -0.05) is 18.2 Å². The fraction of sp³-hybridized carbons (Fsp3) is 0.308. The molecule has 7 nitrogen and oxygen atoms in total. The van der Waals surface area contributed by atoms with Crippen LogP contribution in [0.2, 0.25) is 0 Å². The Morgan fingerprint density at radius 2 is 2.15 bits per heavy atom. The Hall–Kier alpha value is -2.57. The van der Waals surface area contributed by atoms with E-state index in [1.807, 2.05) is 25.1 Å². The van der Waals surface area contributed by atoms with E-state index in [-0.39, 0.29) is 17.9 Å². The van der Waals surface area contributed by atoms with Gasteiger partial charge in [-0.15, -0.1) is 5.10 Å². The molecule has 0 saturated heterocycles. The predicted octanol–water partition coefficient (Wildman–Crippen LogP) is 1.61. The molecular weight excluding hydrogens is 260 g/mol. The first-order chi connectivity index (χ1) is 9.69. The van der Waals surface area contributed by atoms with Crippen LogP contribution >= 0.6 is 0 Å². The fourth-order valence-corrected chi connectivity index (χ4v) is 1.47. The van der Waals surface area contributed by atoms with Crippen molar-refractivity contribution in [3.8, 4) is 11.8 Å². The molecule has 0 saturated carbocycles. The van der Waals surface area contributed by atoms with E-state index >= 15 is 0 Å². The monoisotopic (exact) mass is 276 g/mol. The Morgan fingerprint density at radius 1 is 1.40 bits per heavy atom. The van der Waals surface area contributed by atoms with Crippen LogP contribution < -0.4 is 14.8 Å². The van der Waals surface area contributed by atoms with Crippen molar-refractivity contribution in [2.75, 3.05) is 11.9 Å². The van der Waals surface area contributed by atoms with Gasteiger partial charge in [0.1, 0.15) is 5.75 Å². The molecule has 0 aliphatic rings. The number of benzene rings is 1. The van der Waals surface area contributed by atoms with Crippen LogP contribution in [-0.2, 0) is 4.79 Å². The summed E-state index contributed by atoms with van der Waals surface area (Å²) in [5.41, 5.74) is 0. The molecule has 1 heterocycles. The highest BCUT2D eigenvalue weighted by Gasteiger charge is 2.16. The minimum Gasteiger partial charge on any atom is -0.481 e. The van der Waals surface area contributed by atoms with Gasteiger partial charge in [0, 0.05) is 0 Å². The molecule has 0 spiro atoms. The topological polar surface area (TPSA) is 89.1 Å². The van der Waals surface area contributed by atoms with E-state index < -0.39 is 6.10 Å². The number of aromatic nitrogens is 3. The van der Waals surface area contributed by atoms with E-state index in [2.05, 4.69) is 20.5 Å². The molecule has 7 heteroatoms. The first-order valence-electron chi connectivity index (χ1n) is 6.26. The minimum absolute atomic E-state index is 0.194. The molecule has 0 aliphatic heterocycles. The number of ether oxygens (including phenoxy) is 2. The van der Waals surface area contributed by atoms with Crippen molar-refractivity contribution in [1.29, 1.82) is 0 Å². The number of rotatable bonds is 6. The van der Waals surface area contributed by atoms with Crippen LogP contribution in [0.15, 0.2) is 30.3 Å². The number of amides is 1. The highest BCUT2D eigenvalue weighted by Crippen LogP contribution is 2.12. The van der Waals surface area contributed by atoms with Crippen LogP contribution in [0.1, 0.15) is 13.8 Å². The van der Waals surface area contributed by atoms with Crippen LogP contribution in [-0.4, -0.2) is 33.8 Å². The van der Waals surface area contributed by atoms with Crippen molar-refractivity contribution in [2.24, 2.45) is 0 Å². The van der Waals surface area contributed by atoms with Gasteiger partial charge in [0.05, 0.1) is 6.61 Å². The summed E-state index contributed by atoms with van der Waals surface area (Å²) in [5, 5.41) is 8.92. The molecule has 1 aromatic heterocycles. The second-order valence-electron chi connectivity index (χ2n) is 3.96. The standard InChI is InChI=1S/C13H16N4O3/c1-3-19-13-15-12(16-17-13)14-11(18)9(2)20-10-7-5-4-6-8-10/h4-9H,3H2,1-2H3,(H2,14,15,16,17,18). The number of hydrogen-bond donors (Lipinski definition) is 2. The summed E-state index contributed by atoms with van der Waals surface area (Å²) in [6, 6.07) is 9.31. The number of carbonyl (C=O) groups is 1. The van der Waals surface area contributed by atoms with Gasteiger partial charge in [0.15, 0.2) is 6.10 Å². The van der Waals surface area contributed by atoms with Gasteiger partial charge < -0.3 is 9.47 Å². The van der Waals surface area contributed by atoms with Gasteiger partial charge >= 0.3 is 6.01 Å². The third-order valence-corrected chi connectivity index (χ3v) is 2.41. The summed E-state index contributed by atoms with van der Waals surface area (Å²) >= 11 is 0. The molecule has 2 aromatic rings. The van der Waals surface area contributed by atoms with Crippen LogP contribution in [0.25, 0.3) is 0 Å². The summed E-state index contributed by atoms with van der Waals surface area (Å²) in [7, 11) is 0. The Bertz CT molecular complexity index is 556. The molecule has 2 N–H and O–H groups in total. The fourth-order valence-electron chi connectivity index (χ4n) is 1.47. The molecule has 1 atom stereocenters. The quantitative estimate of drug-likeness (QED) is 0.836. The lowest BCUT2D eigenvalue weighted by Gasteiger charge is -2.13. The maximum Gasteiger partial charge on any atom is 0.337 e. The van der Waals surface area contributed by atoms with Crippen molar-refractivity contribution in [3.05, 3.63) is 30.3 Å². The second kappa shape index (κ2) is 6.55. The van der Waals surface area contributed by atoms with Gasteiger partial charge in [0.25, 0.3) is 5.91 Å². The molecule has 0 radical (unpaired) electrons. The zero-order valence-electron chi connectivity index (χ0n) is 11.3. The van der Waals surface area contributed by atoms with E-state index in [0.29, 0.717) is 12.4 Å². The van der Waals surface area contributed by atoms with Crippen LogP contribution in [0.5, 0.6) is 11.8 Å². The normalized spacial score (nSPS) is 11.7. The average Bonchev–Trinajstić information content (AvgIpc) is 2.87. The van der Waals surface area contributed by atoms with Gasteiger partial charge in [-0.25, -0.2) is 5.10 Å². The maximum absolute atomic E-state index is 11.9. The average molecular weight is 276 g/mol. The number of nitrogens with zero attached hydrogens (tertiary/aromatic N) is 2. The molecule has 1 aromatic carbocycles.